The van der Waals surface area contributed by atoms with Crippen LogP contribution in [0.1, 0.15) is 18.6 Å². The third-order valence-electron chi connectivity index (χ3n) is 4.29. The van der Waals surface area contributed by atoms with E-state index in [0.717, 1.165) is 5.56 Å². The molecule has 1 aliphatic rings. The van der Waals surface area contributed by atoms with Crippen LogP contribution in [-0.2, 0) is 9.53 Å². The topological polar surface area (TPSA) is 79.9 Å². The normalized spacial score (nSPS) is 16.4. The number of amides is 3. The molecule has 1 fully saturated rings. The van der Waals surface area contributed by atoms with E-state index in [1.807, 2.05) is 0 Å². The van der Waals surface area contributed by atoms with Gasteiger partial charge in [0.05, 0.1) is 13.2 Å². The number of carbonyl (C=O) groups excluding carboxylic acids is 2. The Hall–Kier alpha value is -3.20. The molecule has 1 unspecified atom stereocenters. The van der Waals surface area contributed by atoms with Crippen molar-refractivity contribution in [3.63, 3.8) is 0 Å². The van der Waals surface area contributed by atoms with E-state index < -0.39 is 6.61 Å². The van der Waals surface area contributed by atoms with Crippen LogP contribution in [0.3, 0.4) is 0 Å². The first kappa shape index (κ1) is 20.5. The Kier molecular flexibility index (Phi) is 6.61. The van der Waals surface area contributed by atoms with Crippen molar-refractivity contribution in [1.29, 1.82) is 0 Å². The number of anilines is 2. The summed E-state index contributed by atoms with van der Waals surface area (Å²) in [5, 5.41) is 5.47. The molecule has 2 aromatic rings. The van der Waals surface area contributed by atoms with Crippen molar-refractivity contribution in [2.75, 3.05) is 30.3 Å². The molecule has 9 heteroatoms. The van der Waals surface area contributed by atoms with Crippen molar-refractivity contribution in [3.05, 3.63) is 54.1 Å². The fourth-order valence-electron chi connectivity index (χ4n) is 2.94. The van der Waals surface area contributed by atoms with E-state index in [2.05, 4.69) is 15.4 Å². The van der Waals surface area contributed by atoms with Gasteiger partial charge in [0.15, 0.2) is 0 Å². The third-order valence-corrected chi connectivity index (χ3v) is 4.29. The number of hydrogen-bond acceptors (Lipinski definition) is 4. The summed E-state index contributed by atoms with van der Waals surface area (Å²) in [7, 11) is 0. The quantitative estimate of drug-likeness (QED) is 0.792. The molecule has 0 saturated carbocycles. The summed E-state index contributed by atoms with van der Waals surface area (Å²) in [6, 6.07) is 12.7. The number of hydrogen-bond donors (Lipinski definition) is 2. The lowest BCUT2D eigenvalue weighted by Crippen LogP contribution is -2.44. The van der Waals surface area contributed by atoms with Gasteiger partial charge >= 0.3 is 12.6 Å². The fraction of sp³-hybridized carbons (Fsp3) is 0.300. The van der Waals surface area contributed by atoms with E-state index in [-0.39, 0.29) is 23.8 Å². The zero-order chi connectivity index (χ0) is 20.8. The number of morpholine rings is 1. The molecule has 154 valence electrons. The summed E-state index contributed by atoms with van der Waals surface area (Å²) < 4.78 is 34.6. The average molecular weight is 405 g/mol. The van der Waals surface area contributed by atoms with Gasteiger partial charge in [0, 0.05) is 24.8 Å². The molecule has 0 aliphatic carbocycles. The van der Waals surface area contributed by atoms with Crippen LogP contribution < -0.4 is 15.4 Å². The largest absolute Gasteiger partial charge is 0.435 e. The second-order valence-electron chi connectivity index (χ2n) is 6.44. The van der Waals surface area contributed by atoms with Crippen LogP contribution in [0.25, 0.3) is 0 Å². The van der Waals surface area contributed by atoms with Gasteiger partial charge in [-0.3, -0.25) is 4.79 Å². The van der Waals surface area contributed by atoms with Crippen molar-refractivity contribution in [2.45, 2.75) is 19.6 Å². The summed E-state index contributed by atoms with van der Waals surface area (Å²) in [6.07, 6.45) is -0.364. The highest BCUT2D eigenvalue weighted by atomic mass is 19.3. The molecular weight excluding hydrogens is 384 g/mol. The van der Waals surface area contributed by atoms with Gasteiger partial charge in [-0.05, 0) is 42.0 Å². The number of rotatable bonds is 5. The number of carbonyl (C=O) groups is 2. The van der Waals surface area contributed by atoms with Gasteiger partial charge in [0.2, 0.25) is 5.91 Å². The number of benzene rings is 2. The van der Waals surface area contributed by atoms with Gasteiger partial charge in [0.1, 0.15) is 11.9 Å². The van der Waals surface area contributed by atoms with Gasteiger partial charge in [-0.2, -0.15) is 8.78 Å². The highest BCUT2D eigenvalue weighted by molar-refractivity contribution is 5.91. The van der Waals surface area contributed by atoms with Crippen LogP contribution in [0, 0.1) is 0 Å². The molecule has 1 atom stereocenters. The average Bonchev–Trinajstić information content (AvgIpc) is 2.69. The Morgan fingerprint density at radius 2 is 1.69 bits per heavy atom. The summed E-state index contributed by atoms with van der Waals surface area (Å²) in [6.45, 7) is -0.346. The summed E-state index contributed by atoms with van der Waals surface area (Å²) >= 11 is 0. The second-order valence-corrected chi connectivity index (χ2v) is 6.44. The molecule has 1 saturated heterocycles. The first-order chi connectivity index (χ1) is 13.9. The maximum atomic E-state index is 12.6. The molecule has 0 spiro atoms. The maximum Gasteiger partial charge on any atom is 0.387 e. The Bertz CT molecular complexity index is 844. The lowest BCUT2D eigenvalue weighted by Gasteiger charge is -2.33. The van der Waals surface area contributed by atoms with Crippen LogP contribution in [0.15, 0.2) is 48.5 Å². The third kappa shape index (κ3) is 5.89. The van der Waals surface area contributed by atoms with Crippen molar-refractivity contribution in [1.82, 2.24) is 4.90 Å². The van der Waals surface area contributed by atoms with Gasteiger partial charge in [-0.1, -0.05) is 12.1 Å². The highest BCUT2D eigenvalue weighted by Crippen LogP contribution is 2.25. The number of nitrogens with one attached hydrogen (secondary N) is 2. The van der Waals surface area contributed by atoms with Crippen molar-refractivity contribution < 1.29 is 27.8 Å². The van der Waals surface area contributed by atoms with Crippen LogP contribution in [0.2, 0.25) is 0 Å². The Labute approximate surface area is 166 Å². The van der Waals surface area contributed by atoms with E-state index in [0.29, 0.717) is 31.1 Å². The first-order valence-corrected chi connectivity index (χ1v) is 9.00. The molecule has 2 aromatic carbocycles. The summed E-state index contributed by atoms with van der Waals surface area (Å²) in [5.74, 6) is -0.105. The van der Waals surface area contributed by atoms with Crippen LogP contribution in [-0.4, -0.2) is 43.1 Å². The molecule has 0 radical (unpaired) electrons. The van der Waals surface area contributed by atoms with Gasteiger partial charge in [0.25, 0.3) is 0 Å². The molecule has 2 N–H and O–H groups in total. The minimum atomic E-state index is -2.88. The molecule has 1 aliphatic heterocycles. The van der Waals surface area contributed by atoms with Crippen molar-refractivity contribution in [3.8, 4) is 5.75 Å². The van der Waals surface area contributed by atoms with Gasteiger partial charge < -0.3 is 25.0 Å². The van der Waals surface area contributed by atoms with E-state index in [4.69, 9.17) is 4.74 Å². The summed E-state index contributed by atoms with van der Waals surface area (Å²) in [5.41, 5.74) is 2.01. The lowest BCUT2D eigenvalue weighted by molar-refractivity contribution is -0.114. The molecule has 3 rings (SSSR count). The van der Waals surface area contributed by atoms with Crippen LogP contribution in [0.5, 0.6) is 5.75 Å². The van der Waals surface area contributed by atoms with Crippen LogP contribution >= 0.6 is 0 Å². The number of urea groups is 1. The molecule has 29 heavy (non-hydrogen) atoms. The van der Waals surface area contributed by atoms with E-state index in [1.54, 1.807) is 41.3 Å². The van der Waals surface area contributed by atoms with Crippen molar-refractivity contribution in [2.24, 2.45) is 0 Å². The Morgan fingerprint density at radius 1 is 1.07 bits per heavy atom. The molecule has 0 bridgehead atoms. The smallest absolute Gasteiger partial charge is 0.387 e. The molecule has 7 nitrogen and oxygen atoms in total. The lowest BCUT2D eigenvalue weighted by atomic mass is 10.1. The molecule has 3 amide bonds. The monoisotopic (exact) mass is 405 g/mol. The van der Waals surface area contributed by atoms with Gasteiger partial charge in [-0.15, -0.1) is 0 Å². The minimum Gasteiger partial charge on any atom is -0.435 e. The van der Waals surface area contributed by atoms with E-state index in [1.165, 1.54) is 19.1 Å². The first-order valence-electron chi connectivity index (χ1n) is 9.00. The number of halogens is 2. The Morgan fingerprint density at radius 3 is 2.28 bits per heavy atom. The second kappa shape index (κ2) is 9.33. The molecular formula is C20H21F2N3O4. The van der Waals surface area contributed by atoms with Gasteiger partial charge in [-0.25, -0.2) is 4.79 Å². The Balaban J connectivity index is 1.58. The highest BCUT2D eigenvalue weighted by Gasteiger charge is 2.25. The number of alkyl halides is 2. The van der Waals surface area contributed by atoms with Crippen LogP contribution in [0.4, 0.5) is 25.0 Å². The van der Waals surface area contributed by atoms with Crippen molar-refractivity contribution >= 4 is 23.3 Å². The predicted octanol–water partition coefficient (Wildman–Crippen LogP) is 3.85. The molecule has 1 heterocycles. The SMILES string of the molecule is CC(=O)Nc1ccc(NC(=O)N2CCOC(c3ccc(OC(F)F)cc3)C2)cc1. The zero-order valence-electron chi connectivity index (χ0n) is 15.7. The minimum absolute atomic E-state index is 0.0665. The number of ether oxygens (including phenoxy) is 2. The molecule has 0 aromatic heterocycles. The standard InChI is InChI=1S/C20H21F2N3O4/c1-13(26)23-15-4-6-16(7-5-15)24-20(27)25-10-11-28-18(12-25)14-2-8-17(9-3-14)29-19(21)22/h2-9,18-19H,10-12H2,1H3,(H,23,26)(H,24,27). The predicted molar refractivity (Wildman–Crippen MR) is 103 cm³/mol. The zero-order valence-corrected chi connectivity index (χ0v) is 15.7. The van der Waals surface area contributed by atoms with E-state index in [9.17, 15) is 18.4 Å². The fourth-order valence-corrected chi connectivity index (χ4v) is 2.94. The summed E-state index contributed by atoms with van der Waals surface area (Å²) in [4.78, 5) is 25.2. The number of nitrogens with zero attached hydrogens (tertiary/aromatic N) is 1. The maximum absolute atomic E-state index is 12.6. The van der Waals surface area contributed by atoms with E-state index >= 15 is 0 Å².